The Kier molecular flexibility index (Phi) is 5.47. The first-order chi connectivity index (χ1) is 11.7. The fraction of sp³-hybridized carbons (Fsp3) is 0.318. The molecule has 0 aromatic heterocycles. The number of hydrogen-bond acceptors (Lipinski definition) is 2. The smallest absolute Gasteiger partial charge is 0.130 e. The lowest BCUT2D eigenvalue weighted by molar-refractivity contribution is -0.116. The van der Waals surface area contributed by atoms with Gasteiger partial charge >= 0.3 is 0 Å². The van der Waals surface area contributed by atoms with Crippen molar-refractivity contribution in [2.45, 2.75) is 45.1 Å². The maximum atomic E-state index is 11.2. The van der Waals surface area contributed by atoms with E-state index >= 15 is 0 Å². The summed E-state index contributed by atoms with van der Waals surface area (Å²) in [5.74, 6) is 1.25. The van der Waals surface area contributed by atoms with E-state index in [2.05, 4.69) is 42.5 Å². The summed E-state index contributed by atoms with van der Waals surface area (Å²) in [7, 11) is 0. The zero-order chi connectivity index (χ0) is 16.8. The molecule has 0 saturated carbocycles. The lowest BCUT2D eigenvalue weighted by atomic mass is 9.97. The molecule has 0 fully saturated rings. The molecule has 2 nitrogen and oxygen atoms in total. The molecule has 24 heavy (non-hydrogen) atoms. The Balaban J connectivity index is 1.53. The molecule has 124 valence electrons. The van der Waals surface area contributed by atoms with E-state index in [-0.39, 0.29) is 11.9 Å². The Hall–Kier alpha value is -2.35. The SMILES string of the molecule is CC(=O)CCc1cccc2c1C[C@@H](CCC=Cc1ccccc1)O2. The molecule has 0 N–H and O–H groups in total. The van der Waals surface area contributed by atoms with E-state index in [9.17, 15) is 4.79 Å². The second kappa shape index (κ2) is 7.96. The van der Waals surface area contributed by atoms with E-state index in [0.29, 0.717) is 6.42 Å². The van der Waals surface area contributed by atoms with Crippen molar-refractivity contribution in [3.05, 3.63) is 71.3 Å². The van der Waals surface area contributed by atoms with E-state index in [4.69, 9.17) is 4.74 Å². The highest BCUT2D eigenvalue weighted by molar-refractivity contribution is 5.75. The molecular weight excluding hydrogens is 296 g/mol. The molecule has 3 rings (SSSR count). The standard InChI is InChI=1S/C22H24O2/c1-17(23)14-15-19-11-7-13-22-21(19)16-20(24-22)12-6-5-10-18-8-3-2-4-9-18/h2-5,7-11,13,20H,6,12,14-16H2,1H3/t20-/m1/s1. The third-order valence-electron chi connectivity index (χ3n) is 4.47. The highest BCUT2D eigenvalue weighted by Gasteiger charge is 2.24. The van der Waals surface area contributed by atoms with Gasteiger partial charge in [0, 0.05) is 18.4 Å². The maximum Gasteiger partial charge on any atom is 0.130 e. The maximum absolute atomic E-state index is 11.2. The molecule has 0 radical (unpaired) electrons. The second-order valence-electron chi connectivity index (χ2n) is 6.43. The lowest BCUT2D eigenvalue weighted by Gasteiger charge is -2.08. The zero-order valence-corrected chi connectivity index (χ0v) is 14.2. The third kappa shape index (κ3) is 4.35. The summed E-state index contributed by atoms with van der Waals surface area (Å²) in [5, 5.41) is 0. The summed E-state index contributed by atoms with van der Waals surface area (Å²) < 4.78 is 6.09. The highest BCUT2D eigenvalue weighted by Crippen LogP contribution is 2.33. The Bertz CT molecular complexity index is 716. The van der Waals surface area contributed by atoms with Crippen LogP contribution in [0.1, 0.15) is 42.9 Å². The van der Waals surface area contributed by atoms with Crippen LogP contribution < -0.4 is 4.74 Å². The van der Waals surface area contributed by atoms with Gasteiger partial charge in [0.25, 0.3) is 0 Å². The molecule has 0 saturated heterocycles. The van der Waals surface area contributed by atoms with Gasteiger partial charge in [-0.05, 0) is 43.4 Å². The molecule has 2 heteroatoms. The van der Waals surface area contributed by atoms with Crippen molar-refractivity contribution in [2.24, 2.45) is 0 Å². The Morgan fingerprint density at radius 1 is 1.17 bits per heavy atom. The first kappa shape index (κ1) is 16.5. The summed E-state index contributed by atoms with van der Waals surface area (Å²) in [6.45, 7) is 1.65. The van der Waals surface area contributed by atoms with Gasteiger partial charge in [-0.15, -0.1) is 0 Å². The molecule has 0 amide bonds. The third-order valence-corrected chi connectivity index (χ3v) is 4.47. The van der Waals surface area contributed by atoms with Gasteiger partial charge < -0.3 is 9.53 Å². The minimum absolute atomic E-state index is 0.245. The van der Waals surface area contributed by atoms with Crippen LogP contribution in [0.2, 0.25) is 0 Å². The summed E-state index contributed by atoms with van der Waals surface area (Å²) in [4.78, 5) is 11.2. The lowest BCUT2D eigenvalue weighted by Crippen LogP contribution is -2.12. The van der Waals surface area contributed by atoms with E-state index in [0.717, 1.165) is 31.4 Å². The van der Waals surface area contributed by atoms with Crippen molar-refractivity contribution >= 4 is 11.9 Å². The van der Waals surface area contributed by atoms with Gasteiger partial charge in [0.2, 0.25) is 0 Å². The Labute approximate surface area is 144 Å². The first-order valence-corrected chi connectivity index (χ1v) is 8.71. The van der Waals surface area contributed by atoms with Gasteiger partial charge in [0.05, 0.1) is 0 Å². The molecule has 1 aliphatic heterocycles. The fourth-order valence-corrected chi connectivity index (χ4v) is 3.17. The Morgan fingerprint density at radius 3 is 2.79 bits per heavy atom. The second-order valence-corrected chi connectivity index (χ2v) is 6.43. The number of carbonyl (C=O) groups is 1. The summed E-state index contributed by atoms with van der Waals surface area (Å²) in [5.41, 5.74) is 3.81. The quantitative estimate of drug-likeness (QED) is 0.717. The van der Waals surface area contributed by atoms with E-state index in [1.54, 1.807) is 6.92 Å². The predicted octanol–water partition coefficient (Wildman–Crippen LogP) is 5.01. The van der Waals surface area contributed by atoms with Crippen LogP contribution in [0, 0.1) is 0 Å². The van der Waals surface area contributed by atoms with Gasteiger partial charge in [-0.1, -0.05) is 54.6 Å². The fourth-order valence-electron chi connectivity index (χ4n) is 3.17. The average molecular weight is 320 g/mol. The molecule has 0 aliphatic carbocycles. The van der Waals surface area contributed by atoms with Gasteiger partial charge in [-0.3, -0.25) is 0 Å². The first-order valence-electron chi connectivity index (χ1n) is 8.71. The van der Waals surface area contributed by atoms with E-state index in [1.807, 2.05) is 18.2 Å². The summed E-state index contributed by atoms with van der Waals surface area (Å²) in [6, 6.07) is 16.6. The van der Waals surface area contributed by atoms with Crippen LogP contribution in [-0.4, -0.2) is 11.9 Å². The van der Waals surface area contributed by atoms with Crippen molar-refractivity contribution in [1.29, 1.82) is 0 Å². The number of allylic oxidation sites excluding steroid dienone is 1. The van der Waals surface area contributed by atoms with Crippen molar-refractivity contribution in [3.63, 3.8) is 0 Å². The molecule has 1 aliphatic rings. The topological polar surface area (TPSA) is 26.3 Å². The number of Topliss-reactive ketones (excluding diaryl/α,β-unsaturated/α-hetero) is 1. The van der Waals surface area contributed by atoms with Crippen molar-refractivity contribution in [1.82, 2.24) is 0 Å². The van der Waals surface area contributed by atoms with Crippen molar-refractivity contribution < 1.29 is 9.53 Å². The zero-order valence-electron chi connectivity index (χ0n) is 14.2. The normalized spacial score (nSPS) is 16.1. The molecule has 2 aromatic carbocycles. The van der Waals surface area contributed by atoms with E-state index in [1.165, 1.54) is 16.7 Å². The molecule has 0 unspecified atom stereocenters. The number of ether oxygens (including phenoxy) is 1. The van der Waals surface area contributed by atoms with Gasteiger partial charge in [-0.2, -0.15) is 0 Å². The number of hydrogen-bond donors (Lipinski definition) is 0. The number of benzene rings is 2. The van der Waals surface area contributed by atoms with Crippen LogP contribution in [-0.2, 0) is 17.6 Å². The minimum Gasteiger partial charge on any atom is -0.490 e. The summed E-state index contributed by atoms with van der Waals surface area (Å²) in [6.07, 6.45) is 9.06. The molecule has 2 aromatic rings. The van der Waals surface area contributed by atoms with Crippen LogP contribution in [0.4, 0.5) is 0 Å². The molecular formula is C22H24O2. The van der Waals surface area contributed by atoms with Crippen LogP contribution in [0.25, 0.3) is 6.08 Å². The van der Waals surface area contributed by atoms with E-state index < -0.39 is 0 Å². The number of ketones is 1. The van der Waals surface area contributed by atoms with Crippen LogP contribution in [0.15, 0.2) is 54.6 Å². The van der Waals surface area contributed by atoms with Crippen LogP contribution in [0.5, 0.6) is 5.75 Å². The average Bonchev–Trinajstić information content (AvgIpc) is 3.01. The van der Waals surface area contributed by atoms with Crippen molar-refractivity contribution in [3.8, 4) is 5.75 Å². The largest absolute Gasteiger partial charge is 0.490 e. The predicted molar refractivity (Wildman–Crippen MR) is 98.3 cm³/mol. The summed E-state index contributed by atoms with van der Waals surface area (Å²) >= 11 is 0. The van der Waals surface area contributed by atoms with Gasteiger partial charge in [0.15, 0.2) is 0 Å². The monoisotopic (exact) mass is 320 g/mol. The molecule has 1 atom stereocenters. The Morgan fingerprint density at radius 2 is 2.00 bits per heavy atom. The molecule has 0 bridgehead atoms. The van der Waals surface area contributed by atoms with Crippen molar-refractivity contribution in [2.75, 3.05) is 0 Å². The van der Waals surface area contributed by atoms with Crippen LogP contribution >= 0.6 is 0 Å². The molecule has 0 spiro atoms. The molecule has 1 heterocycles. The number of aryl methyl sites for hydroxylation is 1. The number of rotatable bonds is 7. The minimum atomic E-state index is 0.245. The van der Waals surface area contributed by atoms with Crippen LogP contribution in [0.3, 0.4) is 0 Å². The number of carbonyl (C=O) groups excluding carboxylic acids is 1. The van der Waals surface area contributed by atoms with Gasteiger partial charge in [0.1, 0.15) is 17.6 Å². The number of fused-ring (bicyclic) bond motifs is 1. The highest BCUT2D eigenvalue weighted by atomic mass is 16.5. The van der Waals surface area contributed by atoms with Gasteiger partial charge in [-0.25, -0.2) is 0 Å².